The monoisotopic (exact) mass is 325 g/mol. The van der Waals surface area contributed by atoms with Crippen LogP contribution in [0, 0.1) is 6.92 Å². The van der Waals surface area contributed by atoms with E-state index in [1.54, 1.807) is 24.2 Å². The Labute approximate surface area is 139 Å². The number of aryl methyl sites for hydroxylation is 2. The highest BCUT2D eigenvalue weighted by atomic mass is 16.2. The van der Waals surface area contributed by atoms with E-state index < -0.39 is 0 Å². The van der Waals surface area contributed by atoms with Crippen molar-refractivity contribution in [3.63, 3.8) is 0 Å². The quantitative estimate of drug-likeness (QED) is 0.818. The van der Waals surface area contributed by atoms with Crippen LogP contribution in [0.2, 0.25) is 0 Å². The Bertz CT molecular complexity index is 885. The molecule has 4 heterocycles. The number of aromatic nitrogens is 3. The van der Waals surface area contributed by atoms with Crippen LogP contribution < -0.4 is 10.5 Å². The fraction of sp³-hybridized carbons (Fsp3) is 0.412. The standard InChI is InChI=1S/C17H19N5O2/c1-11-18-14-10-22(9-13(14)16(19-11)21-6-3-7-21)17(24)12-4-5-15(23)20(2)8-12/h4-5,8H,3,6-7,9-10H2,1-2H3. The second-order valence-corrected chi connectivity index (χ2v) is 6.39. The van der Waals surface area contributed by atoms with Gasteiger partial charge in [-0.15, -0.1) is 0 Å². The summed E-state index contributed by atoms with van der Waals surface area (Å²) in [4.78, 5) is 37.4. The van der Waals surface area contributed by atoms with Crippen molar-refractivity contribution in [1.82, 2.24) is 19.4 Å². The van der Waals surface area contributed by atoms with Gasteiger partial charge in [0.2, 0.25) is 5.56 Å². The number of hydrogen-bond donors (Lipinski definition) is 0. The smallest absolute Gasteiger partial charge is 0.256 e. The van der Waals surface area contributed by atoms with E-state index in [1.165, 1.54) is 17.1 Å². The van der Waals surface area contributed by atoms with Gasteiger partial charge in [-0.2, -0.15) is 0 Å². The lowest BCUT2D eigenvalue weighted by molar-refractivity contribution is 0.0749. The summed E-state index contributed by atoms with van der Waals surface area (Å²) in [5.41, 5.74) is 2.37. The highest BCUT2D eigenvalue weighted by Gasteiger charge is 2.31. The zero-order chi connectivity index (χ0) is 16.8. The van der Waals surface area contributed by atoms with E-state index in [2.05, 4.69) is 14.9 Å². The number of hydrogen-bond acceptors (Lipinski definition) is 5. The summed E-state index contributed by atoms with van der Waals surface area (Å²) in [6.07, 6.45) is 2.76. The van der Waals surface area contributed by atoms with Crippen molar-refractivity contribution < 1.29 is 4.79 Å². The molecule has 0 aromatic carbocycles. The Hall–Kier alpha value is -2.70. The fourth-order valence-electron chi connectivity index (χ4n) is 3.19. The first-order valence-corrected chi connectivity index (χ1v) is 8.10. The third-order valence-corrected chi connectivity index (χ3v) is 4.65. The normalized spacial score (nSPS) is 16.1. The lowest BCUT2D eigenvalue weighted by Crippen LogP contribution is -2.38. The molecule has 0 aliphatic carbocycles. The van der Waals surface area contributed by atoms with Crippen LogP contribution in [0.25, 0.3) is 0 Å². The maximum atomic E-state index is 12.8. The first-order chi connectivity index (χ1) is 11.5. The van der Waals surface area contributed by atoms with Crippen molar-refractivity contribution in [2.24, 2.45) is 7.05 Å². The average molecular weight is 325 g/mol. The molecule has 0 radical (unpaired) electrons. The molecule has 0 spiro atoms. The number of carbonyl (C=O) groups excluding carboxylic acids is 1. The van der Waals surface area contributed by atoms with Crippen LogP contribution in [0.1, 0.15) is 33.9 Å². The second-order valence-electron chi connectivity index (χ2n) is 6.39. The van der Waals surface area contributed by atoms with Crippen LogP contribution in [0.4, 0.5) is 5.82 Å². The van der Waals surface area contributed by atoms with E-state index in [9.17, 15) is 9.59 Å². The van der Waals surface area contributed by atoms with Crippen molar-refractivity contribution in [3.05, 3.63) is 51.3 Å². The minimum absolute atomic E-state index is 0.0872. The number of anilines is 1. The molecule has 0 bridgehead atoms. The van der Waals surface area contributed by atoms with Crippen LogP contribution in [-0.4, -0.2) is 38.4 Å². The Kier molecular flexibility index (Phi) is 3.37. The van der Waals surface area contributed by atoms with Crippen molar-refractivity contribution in [2.75, 3.05) is 18.0 Å². The Morgan fingerprint density at radius 1 is 1.17 bits per heavy atom. The molecule has 0 N–H and O–H groups in total. The zero-order valence-corrected chi connectivity index (χ0v) is 13.8. The van der Waals surface area contributed by atoms with Gasteiger partial charge in [-0.05, 0) is 19.4 Å². The van der Waals surface area contributed by atoms with Crippen molar-refractivity contribution in [2.45, 2.75) is 26.4 Å². The molecule has 2 aromatic heterocycles. The largest absolute Gasteiger partial charge is 0.356 e. The van der Waals surface area contributed by atoms with E-state index in [1.807, 2.05) is 6.92 Å². The van der Waals surface area contributed by atoms with Gasteiger partial charge in [0, 0.05) is 38.0 Å². The number of pyridine rings is 1. The lowest BCUT2D eigenvalue weighted by atomic mass is 10.1. The molecule has 0 unspecified atom stereocenters. The highest BCUT2D eigenvalue weighted by molar-refractivity contribution is 5.94. The van der Waals surface area contributed by atoms with Gasteiger partial charge < -0.3 is 14.4 Å². The molecule has 0 saturated carbocycles. The molecule has 1 fully saturated rings. The van der Waals surface area contributed by atoms with E-state index >= 15 is 0 Å². The Balaban J connectivity index is 1.64. The van der Waals surface area contributed by atoms with Crippen molar-refractivity contribution in [1.29, 1.82) is 0 Å². The Morgan fingerprint density at radius 2 is 1.96 bits per heavy atom. The second kappa shape index (κ2) is 5.43. The molecule has 7 heteroatoms. The van der Waals surface area contributed by atoms with E-state index in [4.69, 9.17) is 0 Å². The van der Waals surface area contributed by atoms with Gasteiger partial charge in [0.05, 0.1) is 24.3 Å². The van der Waals surface area contributed by atoms with Gasteiger partial charge in [-0.3, -0.25) is 9.59 Å². The molecular weight excluding hydrogens is 306 g/mol. The fourth-order valence-corrected chi connectivity index (χ4v) is 3.19. The molecule has 24 heavy (non-hydrogen) atoms. The van der Waals surface area contributed by atoms with Gasteiger partial charge in [0.25, 0.3) is 5.91 Å². The number of rotatable bonds is 2. The van der Waals surface area contributed by atoms with E-state index in [0.717, 1.165) is 36.0 Å². The van der Waals surface area contributed by atoms with Crippen molar-refractivity contribution in [3.8, 4) is 0 Å². The summed E-state index contributed by atoms with van der Waals surface area (Å²) in [5, 5.41) is 0. The SMILES string of the molecule is Cc1nc2c(c(N3CCC3)n1)CN(C(=O)c1ccc(=O)n(C)c1)C2. The number of fused-ring (bicyclic) bond motifs is 1. The van der Waals surface area contributed by atoms with Gasteiger partial charge >= 0.3 is 0 Å². The molecule has 2 aromatic rings. The Morgan fingerprint density at radius 3 is 2.62 bits per heavy atom. The molecule has 0 atom stereocenters. The summed E-state index contributed by atoms with van der Waals surface area (Å²) in [6.45, 7) is 4.92. The molecule has 124 valence electrons. The van der Waals surface area contributed by atoms with Gasteiger partial charge in [0.15, 0.2) is 0 Å². The predicted octanol–water partition coefficient (Wildman–Crippen LogP) is 0.850. The number of nitrogens with zero attached hydrogens (tertiary/aromatic N) is 5. The number of carbonyl (C=O) groups is 1. The minimum atomic E-state index is -0.127. The average Bonchev–Trinajstić information content (AvgIpc) is 2.91. The van der Waals surface area contributed by atoms with Crippen LogP contribution in [0.5, 0.6) is 0 Å². The minimum Gasteiger partial charge on any atom is -0.356 e. The maximum absolute atomic E-state index is 12.8. The molecular formula is C17H19N5O2. The summed E-state index contributed by atoms with van der Waals surface area (Å²) in [6, 6.07) is 3.01. The first kappa shape index (κ1) is 14.9. The third kappa shape index (κ3) is 2.36. The predicted molar refractivity (Wildman–Crippen MR) is 88.9 cm³/mol. The highest BCUT2D eigenvalue weighted by Crippen LogP contribution is 2.32. The van der Waals surface area contributed by atoms with Crippen LogP contribution in [0.3, 0.4) is 0 Å². The molecule has 1 amide bonds. The summed E-state index contributed by atoms with van der Waals surface area (Å²) >= 11 is 0. The van der Waals surface area contributed by atoms with Crippen LogP contribution >= 0.6 is 0 Å². The molecule has 7 nitrogen and oxygen atoms in total. The van der Waals surface area contributed by atoms with E-state index in [-0.39, 0.29) is 11.5 Å². The maximum Gasteiger partial charge on any atom is 0.256 e. The topological polar surface area (TPSA) is 71.3 Å². The van der Waals surface area contributed by atoms with Crippen LogP contribution in [0.15, 0.2) is 23.1 Å². The molecule has 4 rings (SSSR count). The lowest BCUT2D eigenvalue weighted by Gasteiger charge is -2.33. The molecule has 1 saturated heterocycles. The number of amides is 1. The van der Waals surface area contributed by atoms with Crippen LogP contribution in [-0.2, 0) is 20.1 Å². The first-order valence-electron chi connectivity index (χ1n) is 8.10. The summed E-state index contributed by atoms with van der Waals surface area (Å²) in [5.74, 6) is 1.63. The van der Waals surface area contributed by atoms with Crippen molar-refractivity contribution >= 4 is 11.7 Å². The summed E-state index contributed by atoms with van der Waals surface area (Å²) in [7, 11) is 1.65. The van der Waals surface area contributed by atoms with Gasteiger partial charge in [-0.25, -0.2) is 9.97 Å². The summed E-state index contributed by atoms with van der Waals surface area (Å²) < 4.78 is 1.42. The zero-order valence-electron chi connectivity index (χ0n) is 13.8. The van der Waals surface area contributed by atoms with Gasteiger partial charge in [-0.1, -0.05) is 0 Å². The van der Waals surface area contributed by atoms with Gasteiger partial charge in [0.1, 0.15) is 11.6 Å². The molecule has 2 aliphatic rings. The molecule has 2 aliphatic heterocycles. The van der Waals surface area contributed by atoms with E-state index in [0.29, 0.717) is 18.7 Å². The third-order valence-electron chi connectivity index (χ3n) is 4.65.